The number of hydrogen-bond acceptors (Lipinski definition) is 5. The Morgan fingerprint density at radius 3 is 1.20 bits per heavy atom. The fourth-order valence-corrected chi connectivity index (χ4v) is 5.86. The zero-order valence-corrected chi connectivity index (χ0v) is 29.9. The molecule has 0 unspecified atom stereocenters. The summed E-state index contributed by atoms with van der Waals surface area (Å²) in [4.78, 5) is 24.2. The van der Waals surface area contributed by atoms with Crippen molar-refractivity contribution in [3.63, 3.8) is 0 Å². The number of carbonyl (C=O) groups is 2. The van der Waals surface area contributed by atoms with Gasteiger partial charge in [0.1, 0.15) is 6.61 Å². The van der Waals surface area contributed by atoms with Crippen molar-refractivity contribution in [3.05, 3.63) is 0 Å². The van der Waals surface area contributed by atoms with Gasteiger partial charge in [0.2, 0.25) is 0 Å². The van der Waals surface area contributed by atoms with Crippen molar-refractivity contribution in [2.75, 3.05) is 13.2 Å². The van der Waals surface area contributed by atoms with Crippen LogP contribution >= 0.6 is 0 Å². The Hall–Kier alpha value is -1.10. The van der Waals surface area contributed by atoms with Gasteiger partial charge in [0.15, 0.2) is 6.10 Å². The van der Waals surface area contributed by atoms with Gasteiger partial charge >= 0.3 is 11.9 Å². The molecule has 0 radical (unpaired) electrons. The summed E-state index contributed by atoms with van der Waals surface area (Å²) in [5.41, 5.74) is 0. The zero-order chi connectivity index (χ0) is 32.4. The summed E-state index contributed by atoms with van der Waals surface area (Å²) in [5, 5.41) is 9.53. The van der Waals surface area contributed by atoms with Gasteiger partial charge in [0.25, 0.3) is 0 Å². The monoisotopic (exact) mass is 625 g/mol. The molecular formula is C39H76O5. The molecule has 0 fully saturated rings. The summed E-state index contributed by atoms with van der Waals surface area (Å²) in [7, 11) is 0. The van der Waals surface area contributed by atoms with Gasteiger partial charge in [-0.2, -0.15) is 0 Å². The Kier molecular flexibility index (Phi) is 33.9. The Morgan fingerprint density at radius 2 is 0.841 bits per heavy atom. The van der Waals surface area contributed by atoms with Gasteiger partial charge in [-0.1, -0.05) is 188 Å². The lowest BCUT2D eigenvalue weighted by Gasteiger charge is -2.15. The van der Waals surface area contributed by atoms with E-state index in [1.807, 2.05) is 0 Å². The van der Waals surface area contributed by atoms with Gasteiger partial charge in [-0.05, 0) is 18.8 Å². The van der Waals surface area contributed by atoms with E-state index in [0.29, 0.717) is 12.8 Å². The van der Waals surface area contributed by atoms with Crippen LogP contribution in [0.1, 0.15) is 213 Å². The number of rotatable bonds is 35. The molecule has 0 aromatic rings. The largest absolute Gasteiger partial charge is 0.462 e. The molecule has 0 aromatic carbocycles. The second-order valence-corrected chi connectivity index (χ2v) is 13.9. The smallest absolute Gasteiger partial charge is 0.306 e. The summed E-state index contributed by atoms with van der Waals surface area (Å²) in [6, 6.07) is 0. The molecule has 5 heteroatoms. The number of unbranched alkanes of at least 4 members (excludes halogenated alkanes) is 25. The van der Waals surface area contributed by atoms with Crippen molar-refractivity contribution in [1.29, 1.82) is 0 Å². The minimum atomic E-state index is -0.762. The second kappa shape index (κ2) is 34.8. The minimum Gasteiger partial charge on any atom is -0.462 e. The highest BCUT2D eigenvalue weighted by atomic mass is 16.6. The summed E-state index contributed by atoms with van der Waals surface area (Å²) in [6.45, 7) is 6.47. The van der Waals surface area contributed by atoms with E-state index in [2.05, 4.69) is 20.8 Å². The van der Waals surface area contributed by atoms with Crippen LogP contribution in [0.5, 0.6) is 0 Å². The van der Waals surface area contributed by atoms with Crippen LogP contribution in [0.25, 0.3) is 0 Å². The van der Waals surface area contributed by atoms with Crippen LogP contribution in [-0.4, -0.2) is 36.4 Å². The topological polar surface area (TPSA) is 72.8 Å². The second-order valence-electron chi connectivity index (χ2n) is 13.9. The van der Waals surface area contributed by atoms with Crippen LogP contribution in [0, 0.1) is 5.92 Å². The Balaban J connectivity index is 3.48. The molecule has 0 aromatic heterocycles. The number of aliphatic hydroxyl groups is 1. The van der Waals surface area contributed by atoms with Crippen LogP contribution in [-0.2, 0) is 19.1 Å². The molecule has 0 rings (SSSR count). The zero-order valence-electron chi connectivity index (χ0n) is 29.9. The molecule has 1 atom stereocenters. The number of carbonyl (C=O) groups excluding carboxylic acids is 2. The average Bonchev–Trinajstić information content (AvgIpc) is 3.01. The molecular weight excluding hydrogens is 548 g/mol. The standard InChI is InChI=1S/C39H76O5/c1-4-5-6-7-8-9-10-11-12-13-14-15-16-17-18-19-24-27-30-33-39(42)44-37(34-40)35-43-38(41)32-29-26-23-21-20-22-25-28-31-36(2)3/h36-37,40H,4-35H2,1-3H3/t37-/m0/s1. The lowest BCUT2D eigenvalue weighted by atomic mass is 10.0. The fourth-order valence-electron chi connectivity index (χ4n) is 5.86. The number of hydrogen-bond donors (Lipinski definition) is 1. The normalized spacial score (nSPS) is 12.1. The van der Waals surface area contributed by atoms with E-state index in [4.69, 9.17) is 9.47 Å². The molecule has 0 aliphatic rings. The van der Waals surface area contributed by atoms with Gasteiger partial charge in [0, 0.05) is 12.8 Å². The summed E-state index contributed by atoms with van der Waals surface area (Å²) in [5.74, 6) is 0.228. The first kappa shape index (κ1) is 42.9. The van der Waals surface area contributed by atoms with Crippen molar-refractivity contribution < 1.29 is 24.2 Å². The van der Waals surface area contributed by atoms with E-state index in [1.54, 1.807) is 0 Å². The van der Waals surface area contributed by atoms with E-state index < -0.39 is 6.10 Å². The highest BCUT2D eigenvalue weighted by Crippen LogP contribution is 2.16. The summed E-state index contributed by atoms with van der Waals surface area (Å²) < 4.78 is 10.6. The molecule has 0 aliphatic heterocycles. The van der Waals surface area contributed by atoms with Gasteiger partial charge in [-0.15, -0.1) is 0 Å². The number of esters is 2. The molecule has 0 heterocycles. The third kappa shape index (κ3) is 33.8. The van der Waals surface area contributed by atoms with Crippen molar-refractivity contribution in [1.82, 2.24) is 0 Å². The lowest BCUT2D eigenvalue weighted by Crippen LogP contribution is -2.28. The van der Waals surface area contributed by atoms with E-state index in [9.17, 15) is 14.7 Å². The van der Waals surface area contributed by atoms with Crippen LogP contribution < -0.4 is 0 Å². The molecule has 0 spiro atoms. The van der Waals surface area contributed by atoms with Gasteiger partial charge in [0.05, 0.1) is 6.61 Å². The van der Waals surface area contributed by atoms with E-state index in [0.717, 1.165) is 44.4 Å². The molecule has 5 nitrogen and oxygen atoms in total. The summed E-state index contributed by atoms with van der Waals surface area (Å²) in [6.07, 6.45) is 36.0. The van der Waals surface area contributed by atoms with Gasteiger partial charge in [-0.25, -0.2) is 0 Å². The Morgan fingerprint density at radius 1 is 0.500 bits per heavy atom. The van der Waals surface area contributed by atoms with Gasteiger partial charge in [-0.3, -0.25) is 9.59 Å². The minimum absolute atomic E-state index is 0.0589. The average molecular weight is 625 g/mol. The van der Waals surface area contributed by atoms with E-state index in [1.165, 1.54) is 141 Å². The first-order valence-corrected chi connectivity index (χ1v) is 19.5. The molecule has 0 aliphatic carbocycles. The van der Waals surface area contributed by atoms with Crippen LogP contribution in [0.2, 0.25) is 0 Å². The highest BCUT2D eigenvalue weighted by molar-refractivity contribution is 5.70. The molecule has 44 heavy (non-hydrogen) atoms. The maximum absolute atomic E-state index is 12.2. The Labute approximate surface area is 274 Å². The molecule has 0 saturated carbocycles. The molecule has 1 N–H and O–H groups in total. The maximum Gasteiger partial charge on any atom is 0.306 e. The van der Waals surface area contributed by atoms with Crippen LogP contribution in [0.4, 0.5) is 0 Å². The molecule has 262 valence electrons. The van der Waals surface area contributed by atoms with Crippen molar-refractivity contribution >= 4 is 11.9 Å². The third-order valence-electron chi connectivity index (χ3n) is 8.83. The van der Waals surface area contributed by atoms with Crippen molar-refractivity contribution in [2.24, 2.45) is 5.92 Å². The van der Waals surface area contributed by atoms with Gasteiger partial charge < -0.3 is 14.6 Å². The van der Waals surface area contributed by atoms with Crippen LogP contribution in [0.15, 0.2) is 0 Å². The van der Waals surface area contributed by atoms with Crippen molar-refractivity contribution in [3.8, 4) is 0 Å². The van der Waals surface area contributed by atoms with E-state index >= 15 is 0 Å². The SMILES string of the molecule is CCCCCCCCCCCCCCCCCCCCCC(=O)O[C@@H](CO)COC(=O)CCCCCCCCCCC(C)C. The van der Waals surface area contributed by atoms with E-state index in [-0.39, 0.29) is 25.2 Å². The fraction of sp³-hybridized carbons (Fsp3) is 0.949. The molecule has 0 amide bonds. The number of ether oxygens (including phenoxy) is 2. The van der Waals surface area contributed by atoms with Crippen molar-refractivity contribution in [2.45, 2.75) is 219 Å². The first-order chi connectivity index (χ1) is 21.5. The number of aliphatic hydroxyl groups excluding tert-OH is 1. The first-order valence-electron chi connectivity index (χ1n) is 19.5. The predicted octanol–water partition coefficient (Wildman–Crippen LogP) is 11.8. The third-order valence-corrected chi connectivity index (χ3v) is 8.83. The molecule has 0 saturated heterocycles. The quantitative estimate of drug-likeness (QED) is 0.0561. The molecule has 0 bridgehead atoms. The predicted molar refractivity (Wildman–Crippen MR) is 187 cm³/mol. The lowest BCUT2D eigenvalue weighted by molar-refractivity contribution is -0.161. The Bertz CT molecular complexity index is 605. The highest BCUT2D eigenvalue weighted by Gasteiger charge is 2.16. The van der Waals surface area contributed by atoms with Crippen LogP contribution in [0.3, 0.4) is 0 Å². The summed E-state index contributed by atoms with van der Waals surface area (Å²) >= 11 is 0. The maximum atomic E-state index is 12.2.